The molecule has 104 valence electrons. The fourth-order valence-electron chi connectivity index (χ4n) is 1.19. The van der Waals surface area contributed by atoms with E-state index in [1.807, 2.05) is 0 Å². The molecule has 1 unspecified atom stereocenters. The predicted octanol–water partition coefficient (Wildman–Crippen LogP) is -0.173. The minimum absolute atomic E-state index is 0.0935. The lowest BCUT2D eigenvalue weighted by Gasteiger charge is -2.23. The number of hydrogen-bond acceptors (Lipinski definition) is 3. The fraction of sp³-hybridized carbons (Fsp3) is 0.727. The largest absolute Gasteiger partial charge is 0.481 e. The van der Waals surface area contributed by atoms with E-state index in [0.29, 0.717) is 6.54 Å². The highest BCUT2D eigenvalue weighted by atomic mass is 16.4. The van der Waals surface area contributed by atoms with Gasteiger partial charge in [0.15, 0.2) is 0 Å². The maximum atomic E-state index is 11.7. The van der Waals surface area contributed by atoms with E-state index >= 15 is 0 Å². The Morgan fingerprint density at radius 1 is 1.28 bits per heavy atom. The van der Waals surface area contributed by atoms with Crippen LogP contribution in [0.15, 0.2) is 0 Å². The van der Waals surface area contributed by atoms with E-state index in [4.69, 9.17) is 5.11 Å². The number of carbonyl (C=O) groups is 3. The molecule has 0 rings (SSSR count). The molecule has 1 atom stereocenters. The second kappa shape index (κ2) is 7.52. The molecule has 0 heterocycles. The maximum absolute atomic E-state index is 11.7. The van der Waals surface area contributed by atoms with Crippen LogP contribution >= 0.6 is 0 Å². The van der Waals surface area contributed by atoms with Crippen LogP contribution in [-0.4, -0.2) is 66.5 Å². The number of carboxylic acid groups (broad SMARTS) is 1. The van der Waals surface area contributed by atoms with Gasteiger partial charge in [-0.2, -0.15) is 0 Å². The highest BCUT2D eigenvalue weighted by molar-refractivity contribution is 5.84. The molecule has 0 aliphatic rings. The molecule has 0 aromatic heterocycles. The Bertz CT molecular complexity index is 317. The Balaban J connectivity index is 4.27. The number of amides is 3. The van der Waals surface area contributed by atoms with E-state index in [-0.39, 0.29) is 19.0 Å². The third kappa shape index (κ3) is 5.51. The van der Waals surface area contributed by atoms with Gasteiger partial charge in [0.2, 0.25) is 5.91 Å². The van der Waals surface area contributed by atoms with Crippen molar-refractivity contribution in [3.8, 4) is 0 Å². The molecule has 0 aliphatic heterocycles. The fourth-order valence-corrected chi connectivity index (χ4v) is 1.19. The third-order valence-electron chi connectivity index (χ3n) is 2.47. The van der Waals surface area contributed by atoms with Crippen molar-refractivity contribution < 1.29 is 19.5 Å². The minimum atomic E-state index is -0.953. The zero-order valence-corrected chi connectivity index (χ0v) is 11.3. The van der Waals surface area contributed by atoms with Gasteiger partial charge in [0.1, 0.15) is 0 Å². The van der Waals surface area contributed by atoms with Crippen molar-refractivity contribution in [3.05, 3.63) is 0 Å². The standard InChI is InChI=1S/C11H21N3O4/c1-5-14(7-8(2)10(16)17)11(18)12-6-9(15)13(3)4/h8H,5-7H2,1-4H3,(H,12,18)(H,16,17). The summed E-state index contributed by atoms with van der Waals surface area (Å²) in [6.45, 7) is 3.70. The van der Waals surface area contributed by atoms with Crippen molar-refractivity contribution in [2.45, 2.75) is 13.8 Å². The summed E-state index contributed by atoms with van der Waals surface area (Å²) >= 11 is 0. The Hall–Kier alpha value is -1.79. The average Bonchev–Trinajstić information content (AvgIpc) is 2.31. The van der Waals surface area contributed by atoms with Crippen LogP contribution < -0.4 is 5.32 Å². The lowest BCUT2D eigenvalue weighted by molar-refractivity contribution is -0.141. The number of rotatable bonds is 6. The second-order valence-electron chi connectivity index (χ2n) is 4.22. The molecular formula is C11H21N3O4. The molecule has 0 fully saturated rings. The number of nitrogens with one attached hydrogen (secondary N) is 1. The van der Waals surface area contributed by atoms with Gasteiger partial charge in [-0.1, -0.05) is 6.92 Å². The van der Waals surface area contributed by atoms with Crippen LogP contribution in [0.25, 0.3) is 0 Å². The van der Waals surface area contributed by atoms with Crippen LogP contribution in [0.5, 0.6) is 0 Å². The molecule has 0 saturated carbocycles. The molecule has 0 bridgehead atoms. The summed E-state index contributed by atoms with van der Waals surface area (Å²) in [5.74, 6) is -1.81. The van der Waals surface area contributed by atoms with E-state index in [1.54, 1.807) is 21.0 Å². The van der Waals surface area contributed by atoms with E-state index < -0.39 is 17.9 Å². The molecule has 0 saturated heterocycles. The number of carbonyl (C=O) groups excluding carboxylic acids is 2. The number of aliphatic carboxylic acids is 1. The summed E-state index contributed by atoms with van der Waals surface area (Å²) in [6.07, 6.45) is 0. The van der Waals surface area contributed by atoms with Crippen LogP contribution in [-0.2, 0) is 9.59 Å². The van der Waals surface area contributed by atoms with Crippen molar-refractivity contribution in [2.75, 3.05) is 33.7 Å². The predicted molar refractivity (Wildman–Crippen MR) is 66.1 cm³/mol. The quantitative estimate of drug-likeness (QED) is 0.693. The molecule has 7 heteroatoms. The Morgan fingerprint density at radius 2 is 1.83 bits per heavy atom. The van der Waals surface area contributed by atoms with E-state index in [9.17, 15) is 14.4 Å². The maximum Gasteiger partial charge on any atom is 0.317 e. The van der Waals surface area contributed by atoms with Crippen molar-refractivity contribution in [1.82, 2.24) is 15.1 Å². The van der Waals surface area contributed by atoms with Gasteiger partial charge in [0, 0.05) is 27.2 Å². The summed E-state index contributed by atoms with van der Waals surface area (Å²) in [6, 6.07) is -0.430. The second-order valence-corrected chi connectivity index (χ2v) is 4.22. The minimum Gasteiger partial charge on any atom is -0.481 e. The number of hydrogen-bond donors (Lipinski definition) is 2. The van der Waals surface area contributed by atoms with Gasteiger partial charge in [-0.3, -0.25) is 9.59 Å². The molecule has 3 amide bonds. The number of carboxylic acids is 1. The van der Waals surface area contributed by atoms with Crippen LogP contribution in [0.4, 0.5) is 4.79 Å². The molecule has 0 aromatic carbocycles. The van der Waals surface area contributed by atoms with Gasteiger partial charge in [-0.15, -0.1) is 0 Å². The topological polar surface area (TPSA) is 90.0 Å². The van der Waals surface area contributed by atoms with Crippen molar-refractivity contribution >= 4 is 17.9 Å². The summed E-state index contributed by atoms with van der Waals surface area (Å²) in [4.78, 5) is 36.4. The highest BCUT2D eigenvalue weighted by Gasteiger charge is 2.19. The first-order valence-electron chi connectivity index (χ1n) is 5.75. The van der Waals surface area contributed by atoms with Crippen LogP contribution in [0, 0.1) is 5.92 Å². The number of nitrogens with zero attached hydrogens (tertiary/aromatic N) is 2. The monoisotopic (exact) mass is 259 g/mol. The first kappa shape index (κ1) is 16.2. The van der Waals surface area contributed by atoms with Gasteiger partial charge in [-0.25, -0.2) is 4.79 Å². The first-order chi connectivity index (χ1) is 8.29. The van der Waals surface area contributed by atoms with Gasteiger partial charge < -0.3 is 20.2 Å². The molecule has 0 aromatic rings. The highest BCUT2D eigenvalue weighted by Crippen LogP contribution is 2.00. The normalized spacial score (nSPS) is 11.6. The molecule has 18 heavy (non-hydrogen) atoms. The third-order valence-corrected chi connectivity index (χ3v) is 2.47. The Kier molecular flexibility index (Phi) is 6.77. The van der Waals surface area contributed by atoms with Crippen LogP contribution in [0.3, 0.4) is 0 Å². The SMILES string of the molecule is CCN(CC(C)C(=O)O)C(=O)NCC(=O)N(C)C. The number of likely N-dealkylation sites (N-methyl/N-ethyl adjacent to an activating group) is 1. The smallest absolute Gasteiger partial charge is 0.317 e. The van der Waals surface area contributed by atoms with Gasteiger partial charge in [0.25, 0.3) is 0 Å². The summed E-state index contributed by atoms with van der Waals surface area (Å²) < 4.78 is 0. The summed E-state index contributed by atoms with van der Waals surface area (Å²) in [5, 5.41) is 11.2. The molecular weight excluding hydrogens is 238 g/mol. The molecule has 0 aliphatic carbocycles. The van der Waals surface area contributed by atoms with Crippen LogP contribution in [0.1, 0.15) is 13.8 Å². The first-order valence-corrected chi connectivity index (χ1v) is 5.75. The zero-order chi connectivity index (χ0) is 14.3. The Morgan fingerprint density at radius 3 is 2.22 bits per heavy atom. The molecule has 0 radical (unpaired) electrons. The zero-order valence-electron chi connectivity index (χ0n) is 11.3. The lowest BCUT2D eigenvalue weighted by atomic mass is 10.2. The van der Waals surface area contributed by atoms with Gasteiger partial charge >= 0.3 is 12.0 Å². The van der Waals surface area contributed by atoms with Crippen molar-refractivity contribution in [3.63, 3.8) is 0 Å². The van der Waals surface area contributed by atoms with Crippen molar-refractivity contribution in [2.24, 2.45) is 5.92 Å². The lowest BCUT2D eigenvalue weighted by Crippen LogP contribution is -2.46. The number of urea groups is 1. The summed E-state index contributed by atoms with van der Waals surface area (Å²) in [5.41, 5.74) is 0. The van der Waals surface area contributed by atoms with E-state index in [1.165, 1.54) is 16.7 Å². The van der Waals surface area contributed by atoms with E-state index in [0.717, 1.165) is 0 Å². The van der Waals surface area contributed by atoms with Crippen LogP contribution in [0.2, 0.25) is 0 Å². The molecule has 7 nitrogen and oxygen atoms in total. The van der Waals surface area contributed by atoms with Gasteiger partial charge in [-0.05, 0) is 6.92 Å². The van der Waals surface area contributed by atoms with Crippen molar-refractivity contribution in [1.29, 1.82) is 0 Å². The summed E-state index contributed by atoms with van der Waals surface area (Å²) in [7, 11) is 3.19. The average molecular weight is 259 g/mol. The molecule has 0 spiro atoms. The van der Waals surface area contributed by atoms with E-state index in [2.05, 4.69) is 5.32 Å². The molecule has 2 N–H and O–H groups in total. The Labute approximate surface area is 107 Å². The van der Waals surface area contributed by atoms with Gasteiger partial charge in [0.05, 0.1) is 12.5 Å².